The van der Waals surface area contributed by atoms with Crippen molar-refractivity contribution < 1.29 is 14.4 Å². The Morgan fingerprint density at radius 2 is 2.08 bits per heavy atom. The predicted octanol–water partition coefficient (Wildman–Crippen LogP) is 3.29. The molecular weight excluding hydrogens is 359 g/mol. The molecule has 0 aliphatic rings. The van der Waals surface area contributed by atoms with Gasteiger partial charge in [-0.1, -0.05) is 0 Å². The van der Waals surface area contributed by atoms with Gasteiger partial charge < -0.3 is 9.88 Å². The van der Waals surface area contributed by atoms with Crippen molar-refractivity contribution in [2.24, 2.45) is 0 Å². The molecule has 10 heteroatoms. The Labute approximate surface area is 152 Å². The topological polar surface area (TPSA) is 105 Å². The van der Waals surface area contributed by atoms with Gasteiger partial charge in [-0.3, -0.25) is 10.0 Å². The first-order chi connectivity index (χ1) is 12.4. The second-order valence-corrected chi connectivity index (χ2v) is 6.86. The number of hydrogen-bond acceptors (Lipinski definition) is 7. The highest BCUT2D eigenvalue weighted by Crippen LogP contribution is 2.28. The third-order valence-corrected chi connectivity index (χ3v) is 4.65. The summed E-state index contributed by atoms with van der Waals surface area (Å²) >= 11 is 1.10. The number of aryl methyl sites for hydroxylation is 1. The summed E-state index contributed by atoms with van der Waals surface area (Å²) in [5.74, 6) is -0.210. The number of hydrogen-bond donors (Lipinski definition) is 3. The van der Waals surface area contributed by atoms with E-state index >= 15 is 0 Å². The van der Waals surface area contributed by atoms with E-state index in [9.17, 15) is 9.18 Å². The van der Waals surface area contributed by atoms with Gasteiger partial charge in [-0.25, -0.2) is 24.8 Å². The Balaban J connectivity index is 1.94. The first-order valence-electron chi connectivity index (χ1n) is 7.78. The van der Waals surface area contributed by atoms with Crippen LogP contribution in [0, 0.1) is 12.7 Å². The van der Waals surface area contributed by atoms with Crippen molar-refractivity contribution in [1.82, 2.24) is 25.0 Å². The fourth-order valence-corrected chi connectivity index (χ4v) is 3.37. The number of carbonyl (C=O) groups is 1. The van der Waals surface area contributed by atoms with E-state index in [4.69, 9.17) is 5.21 Å². The number of carbonyl (C=O) groups excluding carboxylic acids is 1. The van der Waals surface area contributed by atoms with E-state index in [1.807, 2.05) is 25.3 Å². The van der Waals surface area contributed by atoms with E-state index in [1.54, 1.807) is 23.8 Å². The number of nitrogens with one attached hydrogen (secondary N) is 2. The molecule has 0 aliphatic heterocycles. The molecule has 3 N–H and O–H groups in total. The minimum atomic E-state index is -0.611. The lowest BCUT2D eigenvalue weighted by Gasteiger charge is -2.14. The van der Waals surface area contributed by atoms with Crippen LogP contribution in [-0.4, -0.2) is 30.6 Å². The number of amides is 1. The van der Waals surface area contributed by atoms with Crippen LogP contribution in [0.15, 0.2) is 24.5 Å². The maximum atomic E-state index is 14.3. The Bertz CT molecular complexity index is 952. The second-order valence-electron chi connectivity index (χ2n) is 5.77. The molecule has 0 saturated heterocycles. The average Bonchev–Trinajstić information content (AvgIpc) is 3.22. The van der Waals surface area contributed by atoms with Gasteiger partial charge in [0.25, 0.3) is 5.91 Å². The van der Waals surface area contributed by atoms with Gasteiger partial charge >= 0.3 is 0 Å². The van der Waals surface area contributed by atoms with Crippen LogP contribution in [-0.2, 0) is 0 Å². The number of nitrogens with zero attached hydrogens (tertiary/aromatic N) is 4. The highest BCUT2D eigenvalue weighted by molar-refractivity contribution is 7.18. The standard InChI is InChI=1S/C16H17FN6O2S/c1-8(2)23-9(3)18-7-11(23)14-10(17)6-19-16(21-14)20-13-5-4-12(26-13)15(24)22-25/h4-8,25H,1-3H3,(H,22,24)(H,19,20,21). The molecule has 8 nitrogen and oxygen atoms in total. The van der Waals surface area contributed by atoms with Gasteiger partial charge in [0, 0.05) is 6.04 Å². The second kappa shape index (κ2) is 7.18. The van der Waals surface area contributed by atoms with E-state index in [-0.39, 0.29) is 17.7 Å². The number of aromatic nitrogens is 4. The number of hydroxylamine groups is 1. The van der Waals surface area contributed by atoms with Gasteiger partial charge in [-0.05, 0) is 32.9 Å². The monoisotopic (exact) mass is 376 g/mol. The first-order valence-corrected chi connectivity index (χ1v) is 8.60. The predicted molar refractivity (Wildman–Crippen MR) is 95.2 cm³/mol. The molecule has 3 aromatic heterocycles. The van der Waals surface area contributed by atoms with Crippen LogP contribution < -0.4 is 10.8 Å². The summed E-state index contributed by atoms with van der Waals surface area (Å²) in [4.78, 5) is 24.2. The van der Waals surface area contributed by atoms with Gasteiger partial charge in [0.05, 0.1) is 28.0 Å². The van der Waals surface area contributed by atoms with Crippen molar-refractivity contribution in [1.29, 1.82) is 0 Å². The molecule has 0 saturated carbocycles. The van der Waals surface area contributed by atoms with E-state index < -0.39 is 11.7 Å². The SMILES string of the molecule is Cc1ncc(-c2nc(Nc3ccc(C(=O)NO)s3)ncc2F)n1C(C)C. The maximum Gasteiger partial charge on any atom is 0.284 e. The molecular formula is C16H17FN6O2S. The number of imidazole rings is 1. The van der Waals surface area contributed by atoms with Crippen LogP contribution >= 0.6 is 11.3 Å². The molecule has 3 aromatic rings. The zero-order chi connectivity index (χ0) is 18.8. The fraction of sp³-hybridized carbons (Fsp3) is 0.250. The molecule has 0 aliphatic carbocycles. The molecule has 0 fully saturated rings. The molecule has 0 unspecified atom stereocenters. The summed E-state index contributed by atoms with van der Waals surface area (Å²) in [5, 5.41) is 12.2. The molecule has 26 heavy (non-hydrogen) atoms. The number of anilines is 2. The Morgan fingerprint density at radius 1 is 1.31 bits per heavy atom. The van der Waals surface area contributed by atoms with Gasteiger partial charge in [0.2, 0.25) is 5.95 Å². The van der Waals surface area contributed by atoms with E-state index in [0.29, 0.717) is 15.6 Å². The molecule has 0 atom stereocenters. The summed E-state index contributed by atoms with van der Waals surface area (Å²) in [6.07, 6.45) is 2.67. The Kier molecular flexibility index (Phi) is 4.96. The van der Waals surface area contributed by atoms with Crippen molar-refractivity contribution >= 4 is 28.2 Å². The smallest absolute Gasteiger partial charge is 0.284 e. The number of halogens is 1. The molecule has 0 spiro atoms. The summed E-state index contributed by atoms with van der Waals surface area (Å²) in [6.45, 7) is 5.81. The lowest BCUT2D eigenvalue weighted by atomic mass is 10.2. The average molecular weight is 376 g/mol. The van der Waals surface area contributed by atoms with E-state index in [1.165, 1.54) is 0 Å². The highest BCUT2D eigenvalue weighted by Gasteiger charge is 2.18. The highest BCUT2D eigenvalue weighted by atomic mass is 32.1. The summed E-state index contributed by atoms with van der Waals surface area (Å²) in [6, 6.07) is 3.28. The first kappa shape index (κ1) is 18.0. The van der Waals surface area contributed by atoms with Crippen molar-refractivity contribution in [2.75, 3.05) is 5.32 Å². The number of rotatable bonds is 5. The van der Waals surface area contributed by atoms with Crippen molar-refractivity contribution in [3.8, 4) is 11.4 Å². The zero-order valence-corrected chi connectivity index (χ0v) is 15.1. The van der Waals surface area contributed by atoms with Gasteiger partial charge in [0.1, 0.15) is 11.5 Å². The molecule has 136 valence electrons. The van der Waals surface area contributed by atoms with E-state index in [0.717, 1.165) is 23.4 Å². The molecule has 0 aromatic carbocycles. The van der Waals surface area contributed by atoms with Crippen molar-refractivity contribution in [3.05, 3.63) is 41.0 Å². The normalized spacial score (nSPS) is 11.0. The van der Waals surface area contributed by atoms with E-state index in [2.05, 4.69) is 20.3 Å². The lowest BCUT2D eigenvalue weighted by Crippen LogP contribution is -2.16. The molecule has 1 amide bonds. The minimum Gasteiger partial charge on any atom is -0.324 e. The van der Waals surface area contributed by atoms with Crippen molar-refractivity contribution in [2.45, 2.75) is 26.8 Å². The summed E-state index contributed by atoms with van der Waals surface area (Å²) in [5.41, 5.74) is 2.27. The zero-order valence-electron chi connectivity index (χ0n) is 14.3. The molecule has 3 heterocycles. The molecule has 3 rings (SSSR count). The summed E-state index contributed by atoms with van der Waals surface area (Å²) < 4.78 is 16.2. The van der Waals surface area contributed by atoms with Crippen LogP contribution in [0.25, 0.3) is 11.4 Å². The third-order valence-electron chi connectivity index (χ3n) is 3.65. The van der Waals surface area contributed by atoms with Crippen LogP contribution in [0.2, 0.25) is 0 Å². The van der Waals surface area contributed by atoms with Crippen LogP contribution in [0.1, 0.15) is 35.4 Å². The number of thiophene rings is 1. The Morgan fingerprint density at radius 3 is 2.77 bits per heavy atom. The molecule has 0 radical (unpaired) electrons. The van der Waals surface area contributed by atoms with Crippen molar-refractivity contribution in [3.63, 3.8) is 0 Å². The van der Waals surface area contributed by atoms with Crippen LogP contribution in [0.5, 0.6) is 0 Å². The minimum absolute atomic E-state index is 0.0927. The van der Waals surface area contributed by atoms with Gasteiger partial charge in [-0.15, -0.1) is 11.3 Å². The summed E-state index contributed by atoms with van der Waals surface area (Å²) in [7, 11) is 0. The van der Waals surface area contributed by atoms with Crippen LogP contribution in [0.4, 0.5) is 15.3 Å². The maximum absolute atomic E-state index is 14.3. The largest absolute Gasteiger partial charge is 0.324 e. The third kappa shape index (κ3) is 3.41. The lowest BCUT2D eigenvalue weighted by molar-refractivity contribution is 0.0711. The van der Waals surface area contributed by atoms with Gasteiger partial charge in [-0.2, -0.15) is 0 Å². The molecule has 0 bridgehead atoms. The fourth-order valence-electron chi connectivity index (χ4n) is 2.58. The quantitative estimate of drug-likeness (QED) is 0.466. The van der Waals surface area contributed by atoms with Crippen LogP contribution in [0.3, 0.4) is 0 Å². The Hall–Kier alpha value is -2.85. The van der Waals surface area contributed by atoms with Gasteiger partial charge in [0.15, 0.2) is 5.82 Å².